The van der Waals surface area contributed by atoms with Crippen LogP contribution in [0.4, 0.5) is 0 Å². The molecule has 166 valence electrons. The summed E-state index contributed by atoms with van der Waals surface area (Å²) in [5, 5.41) is 6.74. The van der Waals surface area contributed by atoms with Crippen LogP contribution in [0.15, 0.2) is 65.9 Å². The summed E-state index contributed by atoms with van der Waals surface area (Å²) in [6.07, 6.45) is 4.71. The molecule has 0 unspecified atom stereocenters. The van der Waals surface area contributed by atoms with Crippen LogP contribution in [0.5, 0.6) is 5.75 Å². The molecule has 0 aliphatic heterocycles. The second-order valence-corrected chi connectivity index (χ2v) is 7.11. The Labute approximate surface area is 202 Å². The van der Waals surface area contributed by atoms with E-state index in [1.54, 1.807) is 7.11 Å². The van der Waals surface area contributed by atoms with Gasteiger partial charge in [0.25, 0.3) is 0 Å². The molecule has 0 aliphatic carbocycles. The van der Waals surface area contributed by atoms with Crippen molar-refractivity contribution in [1.82, 2.24) is 20.2 Å². The van der Waals surface area contributed by atoms with Crippen molar-refractivity contribution in [2.24, 2.45) is 4.99 Å². The van der Waals surface area contributed by atoms with E-state index >= 15 is 0 Å². The lowest BCUT2D eigenvalue weighted by Crippen LogP contribution is -2.38. The average Bonchev–Trinajstić information content (AvgIpc) is 3.17. The number of halogens is 1. The normalized spacial score (nSPS) is 11.0. The molecule has 0 radical (unpaired) electrons. The van der Waals surface area contributed by atoms with Crippen molar-refractivity contribution >= 4 is 29.9 Å². The topological polar surface area (TPSA) is 63.5 Å². The molecule has 3 rings (SSSR count). The summed E-state index contributed by atoms with van der Waals surface area (Å²) >= 11 is 0. The number of hydrogen-bond donors (Lipinski definition) is 2. The number of rotatable bonds is 9. The monoisotopic (exact) mass is 533 g/mol. The second-order valence-electron chi connectivity index (χ2n) is 7.11. The molecule has 6 nitrogen and oxygen atoms in total. The summed E-state index contributed by atoms with van der Waals surface area (Å²) in [4.78, 5) is 9.05. The van der Waals surface area contributed by atoms with Crippen molar-refractivity contribution in [1.29, 1.82) is 0 Å². The van der Waals surface area contributed by atoms with E-state index in [0.29, 0.717) is 6.54 Å². The minimum atomic E-state index is 0. The van der Waals surface area contributed by atoms with Gasteiger partial charge in [-0.2, -0.15) is 0 Å². The maximum absolute atomic E-state index is 5.43. The molecule has 7 heteroatoms. The van der Waals surface area contributed by atoms with Gasteiger partial charge in [0.1, 0.15) is 11.6 Å². The van der Waals surface area contributed by atoms with Gasteiger partial charge in [0.05, 0.1) is 13.7 Å². The van der Waals surface area contributed by atoms with Crippen LogP contribution in [0.3, 0.4) is 0 Å². The van der Waals surface area contributed by atoms with E-state index < -0.39 is 0 Å². The van der Waals surface area contributed by atoms with Gasteiger partial charge in [-0.25, -0.2) is 9.98 Å². The van der Waals surface area contributed by atoms with Crippen molar-refractivity contribution in [3.8, 4) is 5.75 Å². The van der Waals surface area contributed by atoms with Gasteiger partial charge in [0.2, 0.25) is 0 Å². The molecule has 0 atom stereocenters. The molecule has 0 bridgehead atoms. The van der Waals surface area contributed by atoms with E-state index in [9.17, 15) is 0 Å². The molecule has 31 heavy (non-hydrogen) atoms. The van der Waals surface area contributed by atoms with E-state index in [0.717, 1.165) is 43.6 Å². The van der Waals surface area contributed by atoms with Crippen molar-refractivity contribution in [2.75, 3.05) is 20.2 Å². The van der Waals surface area contributed by atoms with Crippen LogP contribution in [0, 0.1) is 6.92 Å². The maximum atomic E-state index is 5.43. The quantitative estimate of drug-likeness (QED) is 0.246. The third kappa shape index (κ3) is 7.57. The number of methoxy groups -OCH3 is 1. The molecule has 1 heterocycles. The lowest BCUT2D eigenvalue weighted by atomic mass is 10.1. The summed E-state index contributed by atoms with van der Waals surface area (Å²) in [5.74, 6) is 2.77. The summed E-state index contributed by atoms with van der Waals surface area (Å²) in [6, 6.07) is 16.7. The van der Waals surface area contributed by atoms with Crippen LogP contribution < -0.4 is 15.4 Å². The Balaban J connectivity index is 0.00000341. The first-order chi connectivity index (χ1) is 14.7. The van der Waals surface area contributed by atoms with E-state index in [-0.39, 0.29) is 24.0 Å². The summed E-state index contributed by atoms with van der Waals surface area (Å²) < 4.78 is 7.58. The predicted molar refractivity (Wildman–Crippen MR) is 137 cm³/mol. The Morgan fingerprint density at radius 1 is 1.10 bits per heavy atom. The molecule has 0 fully saturated rings. The van der Waals surface area contributed by atoms with Gasteiger partial charge in [-0.05, 0) is 43.0 Å². The highest BCUT2D eigenvalue weighted by Gasteiger charge is 2.04. The van der Waals surface area contributed by atoms with Crippen molar-refractivity contribution < 1.29 is 4.74 Å². The number of guanidine groups is 1. The zero-order valence-corrected chi connectivity index (χ0v) is 20.8. The molecule has 0 saturated carbocycles. The van der Waals surface area contributed by atoms with Gasteiger partial charge < -0.3 is 19.9 Å². The van der Waals surface area contributed by atoms with E-state index in [1.807, 2.05) is 37.5 Å². The molecule has 0 aliphatic rings. The predicted octanol–water partition coefficient (Wildman–Crippen LogP) is 4.16. The van der Waals surface area contributed by atoms with Gasteiger partial charge in [0, 0.05) is 32.0 Å². The number of nitrogens with zero attached hydrogens (tertiary/aromatic N) is 3. The van der Waals surface area contributed by atoms with Crippen LogP contribution in [0.2, 0.25) is 0 Å². The lowest BCUT2D eigenvalue weighted by molar-refractivity contribution is 0.409. The third-order valence-electron chi connectivity index (χ3n) is 4.91. The Hall–Kier alpha value is -2.55. The number of imidazole rings is 1. The maximum Gasteiger partial charge on any atom is 0.191 e. The fraction of sp³-hybridized carbons (Fsp3) is 0.333. The smallest absolute Gasteiger partial charge is 0.191 e. The molecule has 2 N–H and O–H groups in total. The molecular weight excluding hydrogens is 501 g/mol. The number of para-hydroxylation sites is 1. The summed E-state index contributed by atoms with van der Waals surface area (Å²) in [5.41, 5.74) is 3.62. The van der Waals surface area contributed by atoms with Crippen LogP contribution in [-0.2, 0) is 19.5 Å². The number of benzene rings is 2. The molecule has 0 amide bonds. The third-order valence-corrected chi connectivity index (χ3v) is 4.91. The highest BCUT2D eigenvalue weighted by Crippen LogP contribution is 2.17. The first kappa shape index (κ1) is 24.7. The zero-order chi connectivity index (χ0) is 21.2. The van der Waals surface area contributed by atoms with E-state index in [2.05, 4.69) is 57.4 Å². The summed E-state index contributed by atoms with van der Waals surface area (Å²) in [6.45, 7) is 7.15. The average molecular weight is 533 g/mol. The number of ether oxygens (including phenoxy) is 1. The van der Waals surface area contributed by atoms with E-state index in [4.69, 9.17) is 9.73 Å². The molecule has 3 aromatic rings. The fourth-order valence-corrected chi connectivity index (χ4v) is 3.33. The highest BCUT2D eigenvalue weighted by molar-refractivity contribution is 14.0. The number of aliphatic imine (C=N–C) groups is 1. The van der Waals surface area contributed by atoms with Crippen molar-refractivity contribution in [3.05, 3.63) is 83.4 Å². The first-order valence-electron chi connectivity index (χ1n) is 10.4. The second kappa shape index (κ2) is 13.0. The Kier molecular flexibility index (Phi) is 10.4. The number of aromatic nitrogens is 2. The number of nitrogens with one attached hydrogen (secondary N) is 2. The molecule has 0 saturated heterocycles. The fourth-order valence-electron chi connectivity index (χ4n) is 3.33. The molecule has 2 aromatic carbocycles. The van der Waals surface area contributed by atoms with Gasteiger partial charge in [-0.3, -0.25) is 0 Å². The standard InChI is InChI=1S/C24H31N5O.HI/c1-4-25-24(27-13-12-22-10-5-6-11-23(22)30-3)28-17-20-8-7-9-21(16-20)18-29-15-14-26-19(29)2;/h5-11,14-16H,4,12-13,17-18H2,1-3H3,(H2,25,27,28);1H. The largest absolute Gasteiger partial charge is 0.496 e. The number of aryl methyl sites for hydroxylation is 1. The molecule has 1 aromatic heterocycles. The van der Waals surface area contributed by atoms with Gasteiger partial charge in [0.15, 0.2) is 5.96 Å². The minimum Gasteiger partial charge on any atom is -0.496 e. The van der Waals surface area contributed by atoms with Crippen molar-refractivity contribution in [3.63, 3.8) is 0 Å². The van der Waals surface area contributed by atoms with Crippen LogP contribution >= 0.6 is 24.0 Å². The van der Waals surface area contributed by atoms with Crippen LogP contribution in [-0.4, -0.2) is 35.7 Å². The van der Waals surface area contributed by atoms with Crippen molar-refractivity contribution in [2.45, 2.75) is 33.4 Å². The zero-order valence-electron chi connectivity index (χ0n) is 18.5. The molecular formula is C24H32IN5O. The first-order valence-corrected chi connectivity index (χ1v) is 10.4. The van der Waals surface area contributed by atoms with Gasteiger partial charge >= 0.3 is 0 Å². The Bertz CT molecular complexity index is 970. The van der Waals surface area contributed by atoms with Gasteiger partial charge in [-0.1, -0.05) is 42.5 Å². The minimum absolute atomic E-state index is 0. The van der Waals surface area contributed by atoms with Crippen LogP contribution in [0.25, 0.3) is 0 Å². The SMILES string of the molecule is CCNC(=NCc1cccc(Cn2ccnc2C)c1)NCCc1ccccc1OC.I. The Morgan fingerprint density at radius 3 is 2.65 bits per heavy atom. The van der Waals surface area contributed by atoms with Crippen LogP contribution in [0.1, 0.15) is 29.4 Å². The molecule has 0 spiro atoms. The lowest BCUT2D eigenvalue weighted by Gasteiger charge is -2.13. The highest BCUT2D eigenvalue weighted by atomic mass is 127. The summed E-state index contributed by atoms with van der Waals surface area (Å²) in [7, 11) is 1.71. The number of hydrogen-bond acceptors (Lipinski definition) is 3. The van der Waals surface area contributed by atoms with Gasteiger partial charge in [-0.15, -0.1) is 24.0 Å². The Morgan fingerprint density at radius 2 is 1.90 bits per heavy atom. The van der Waals surface area contributed by atoms with E-state index in [1.165, 1.54) is 16.7 Å².